The van der Waals surface area contributed by atoms with E-state index in [4.69, 9.17) is 27.9 Å². The number of H-pyrrole nitrogens is 1. The number of halogens is 5. The van der Waals surface area contributed by atoms with Crippen LogP contribution in [0.15, 0.2) is 53.5 Å². The number of pyridine rings is 1. The standard InChI is InChI=1S/C24H20Cl2F3NO5/c1-12-8-14(11-30-21(12)31)23(33,24(27,28)29)13(2)17-6-4-15(9-19(17)25)35-16-5-7-18(20(26)10-16)22(32)34-3/h4-11,13,33H,1-3H3,(H,30,31). The van der Waals surface area contributed by atoms with Crippen molar-refractivity contribution in [1.29, 1.82) is 0 Å². The number of rotatable bonds is 6. The molecule has 1 heterocycles. The fourth-order valence-corrected chi connectivity index (χ4v) is 4.18. The molecule has 6 nitrogen and oxygen atoms in total. The van der Waals surface area contributed by atoms with Gasteiger partial charge in [-0.1, -0.05) is 36.2 Å². The van der Waals surface area contributed by atoms with Crippen molar-refractivity contribution in [3.8, 4) is 11.5 Å². The molecular weight excluding hydrogens is 510 g/mol. The number of aryl methyl sites for hydroxylation is 1. The van der Waals surface area contributed by atoms with Crippen LogP contribution < -0.4 is 10.3 Å². The highest BCUT2D eigenvalue weighted by molar-refractivity contribution is 6.33. The summed E-state index contributed by atoms with van der Waals surface area (Å²) in [6, 6.07) is 9.22. The maximum absolute atomic E-state index is 14.2. The van der Waals surface area contributed by atoms with E-state index in [-0.39, 0.29) is 38.2 Å². The first-order chi connectivity index (χ1) is 16.3. The normalized spacial score (nSPS) is 14.2. The van der Waals surface area contributed by atoms with E-state index in [2.05, 4.69) is 9.72 Å². The van der Waals surface area contributed by atoms with Crippen LogP contribution in [0.2, 0.25) is 10.0 Å². The Morgan fingerprint density at radius 2 is 1.66 bits per heavy atom. The van der Waals surface area contributed by atoms with Gasteiger partial charge in [0, 0.05) is 34.3 Å². The smallest absolute Gasteiger partial charge is 0.422 e. The molecule has 1 aromatic heterocycles. The third kappa shape index (κ3) is 5.17. The van der Waals surface area contributed by atoms with Gasteiger partial charge in [-0.2, -0.15) is 13.2 Å². The summed E-state index contributed by atoms with van der Waals surface area (Å²) in [6.45, 7) is 2.52. The molecule has 11 heteroatoms. The molecule has 3 aromatic rings. The third-order valence-corrected chi connectivity index (χ3v) is 6.25. The molecule has 0 bridgehead atoms. The van der Waals surface area contributed by atoms with Crippen molar-refractivity contribution >= 4 is 29.2 Å². The highest BCUT2D eigenvalue weighted by atomic mass is 35.5. The molecule has 0 aliphatic heterocycles. The van der Waals surface area contributed by atoms with Crippen molar-refractivity contribution in [3.63, 3.8) is 0 Å². The van der Waals surface area contributed by atoms with Crippen LogP contribution in [0.5, 0.6) is 11.5 Å². The Morgan fingerprint density at radius 1 is 1.06 bits per heavy atom. The average Bonchev–Trinajstić information content (AvgIpc) is 2.79. The Hall–Kier alpha value is -3.01. The van der Waals surface area contributed by atoms with Gasteiger partial charge in [0.15, 0.2) is 5.60 Å². The predicted octanol–water partition coefficient (Wildman–Crippen LogP) is 6.12. The van der Waals surface area contributed by atoms with Crippen LogP contribution in [-0.4, -0.2) is 29.3 Å². The number of esters is 1. The molecule has 186 valence electrons. The largest absolute Gasteiger partial charge is 0.465 e. The molecule has 0 saturated carbocycles. The average molecular weight is 530 g/mol. The Labute approximate surface area is 208 Å². The molecule has 35 heavy (non-hydrogen) atoms. The molecule has 2 atom stereocenters. The first-order valence-electron chi connectivity index (χ1n) is 10.1. The van der Waals surface area contributed by atoms with Crippen molar-refractivity contribution in [3.05, 3.63) is 91.3 Å². The van der Waals surface area contributed by atoms with Crippen molar-refractivity contribution < 1.29 is 32.5 Å². The SMILES string of the molecule is COC(=O)c1ccc(Oc2ccc(C(C)C(O)(c3c[nH]c(=O)c(C)c3)C(F)(F)F)c(Cl)c2)cc1Cl. The minimum Gasteiger partial charge on any atom is -0.465 e. The topological polar surface area (TPSA) is 88.6 Å². The fourth-order valence-electron chi connectivity index (χ4n) is 3.60. The van der Waals surface area contributed by atoms with Crippen LogP contribution in [0.3, 0.4) is 0 Å². The lowest BCUT2D eigenvalue weighted by molar-refractivity contribution is -0.274. The number of benzene rings is 2. The quantitative estimate of drug-likeness (QED) is 0.375. The van der Waals surface area contributed by atoms with E-state index in [0.717, 1.165) is 12.3 Å². The number of carbonyl (C=O) groups excluding carboxylic acids is 1. The fraction of sp³-hybridized carbons (Fsp3) is 0.250. The molecule has 0 radical (unpaired) electrons. The predicted molar refractivity (Wildman–Crippen MR) is 124 cm³/mol. The summed E-state index contributed by atoms with van der Waals surface area (Å²) in [6.07, 6.45) is -4.25. The summed E-state index contributed by atoms with van der Waals surface area (Å²) in [4.78, 5) is 25.5. The van der Waals surface area contributed by atoms with Crippen molar-refractivity contribution in [2.75, 3.05) is 7.11 Å². The number of methoxy groups -OCH3 is 1. The minimum atomic E-state index is -5.09. The van der Waals surface area contributed by atoms with Gasteiger partial charge >= 0.3 is 12.1 Å². The van der Waals surface area contributed by atoms with Crippen LogP contribution >= 0.6 is 23.2 Å². The van der Waals surface area contributed by atoms with Crippen molar-refractivity contribution in [1.82, 2.24) is 4.98 Å². The zero-order chi connectivity index (χ0) is 26.1. The van der Waals surface area contributed by atoms with Crippen LogP contribution in [0.4, 0.5) is 13.2 Å². The number of aromatic amines is 1. The molecule has 0 aliphatic carbocycles. The first-order valence-corrected chi connectivity index (χ1v) is 10.9. The van der Waals surface area contributed by atoms with Crippen molar-refractivity contribution in [2.24, 2.45) is 0 Å². The Bertz CT molecular complexity index is 1330. The highest BCUT2D eigenvalue weighted by Gasteiger charge is 2.59. The molecule has 0 aliphatic rings. The Morgan fingerprint density at radius 3 is 2.17 bits per heavy atom. The number of nitrogens with one attached hydrogen (secondary N) is 1. The second-order valence-corrected chi connectivity index (χ2v) is 8.62. The summed E-state index contributed by atoms with van der Waals surface area (Å²) in [5, 5.41) is 10.9. The van der Waals surface area contributed by atoms with Crippen LogP contribution in [0.25, 0.3) is 0 Å². The zero-order valence-electron chi connectivity index (χ0n) is 18.7. The van der Waals surface area contributed by atoms with Gasteiger partial charge in [-0.25, -0.2) is 4.79 Å². The van der Waals surface area contributed by atoms with Gasteiger partial charge in [0.25, 0.3) is 5.56 Å². The van der Waals surface area contributed by atoms with Crippen LogP contribution in [0.1, 0.15) is 39.9 Å². The number of aliphatic hydroxyl groups is 1. The molecule has 0 spiro atoms. The molecule has 0 amide bonds. The van der Waals surface area contributed by atoms with E-state index in [1.165, 1.54) is 57.4 Å². The molecule has 0 fully saturated rings. The number of carbonyl (C=O) groups is 1. The number of hydrogen-bond acceptors (Lipinski definition) is 5. The number of aromatic nitrogens is 1. The summed E-state index contributed by atoms with van der Waals surface area (Å²) < 4.78 is 52.8. The maximum atomic E-state index is 14.2. The maximum Gasteiger partial charge on any atom is 0.422 e. The van der Waals surface area contributed by atoms with Gasteiger partial charge in [0.1, 0.15) is 11.5 Å². The molecule has 0 saturated heterocycles. The van der Waals surface area contributed by atoms with Gasteiger partial charge in [-0.05, 0) is 42.8 Å². The van der Waals surface area contributed by atoms with Gasteiger partial charge in [0.05, 0.1) is 17.7 Å². The number of alkyl halides is 3. The highest BCUT2D eigenvalue weighted by Crippen LogP contribution is 2.50. The lowest BCUT2D eigenvalue weighted by Gasteiger charge is -2.37. The minimum absolute atomic E-state index is 0.00164. The number of ether oxygens (including phenoxy) is 2. The molecule has 2 aromatic carbocycles. The van der Waals surface area contributed by atoms with Crippen LogP contribution in [0, 0.1) is 6.92 Å². The van der Waals surface area contributed by atoms with E-state index in [0.29, 0.717) is 0 Å². The Kier molecular flexibility index (Phi) is 7.54. The summed E-state index contributed by atoms with van der Waals surface area (Å²) in [5.41, 5.74) is -4.28. The number of hydrogen-bond donors (Lipinski definition) is 2. The van der Waals surface area contributed by atoms with Gasteiger partial charge < -0.3 is 19.6 Å². The van der Waals surface area contributed by atoms with Gasteiger partial charge in [-0.15, -0.1) is 0 Å². The first kappa shape index (κ1) is 26.6. The summed E-state index contributed by atoms with van der Waals surface area (Å²) in [7, 11) is 1.21. The second-order valence-electron chi connectivity index (χ2n) is 7.80. The summed E-state index contributed by atoms with van der Waals surface area (Å²) >= 11 is 12.4. The lowest BCUT2D eigenvalue weighted by atomic mass is 9.78. The molecular formula is C24H20Cl2F3NO5. The zero-order valence-corrected chi connectivity index (χ0v) is 20.2. The van der Waals surface area contributed by atoms with E-state index in [1.54, 1.807) is 0 Å². The van der Waals surface area contributed by atoms with E-state index >= 15 is 0 Å². The third-order valence-electron chi connectivity index (χ3n) is 5.61. The molecule has 2 unspecified atom stereocenters. The van der Waals surface area contributed by atoms with Gasteiger partial charge in [-0.3, -0.25) is 4.79 Å². The second kappa shape index (κ2) is 9.93. The Balaban J connectivity index is 1.95. The van der Waals surface area contributed by atoms with Crippen LogP contribution in [-0.2, 0) is 10.3 Å². The van der Waals surface area contributed by atoms with E-state index < -0.39 is 34.8 Å². The van der Waals surface area contributed by atoms with Crippen molar-refractivity contribution in [2.45, 2.75) is 31.5 Å². The monoisotopic (exact) mass is 529 g/mol. The molecule has 2 N–H and O–H groups in total. The van der Waals surface area contributed by atoms with E-state index in [1.807, 2.05) is 0 Å². The van der Waals surface area contributed by atoms with E-state index in [9.17, 15) is 27.9 Å². The lowest BCUT2D eigenvalue weighted by Crippen LogP contribution is -2.47. The summed E-state index contributed by atoms with van der Waals surface area (Å²) in [5.74, 6) is -1.75. The molecule has 3 rings (SSSR count). The van der Waals surface area contributed by atoms with Gasteiger partial charge in [0.2, 0.25) is 0 Å².